The topological polar surface area (TPSA) is 16.4 Å². The minimum absolute atomic E-state index is 0.880. The van der Waals surface area contributed by atoms with Crippen LogP contribution in [0.25, 0.3) is 88.3 Å². The molecule has 0 atom stereocenters. The van der Waals surface area contributed by atoms with E-state index < -0.39 is 0 Å². The second kappa shape index (κ2) is 15.1. The third kappa shape index (κ3) is 6.70. The molecule has 0 aliphatic carbocycles. The van der Waals surface area contributed by atoms with Crippen LogP contribution < -0.4 is 4.90 Å². The predicted molar refractivity (Wildman–Crippen MR) is 253 cm³/mol. The quantitative estimate of drug-likeness (QED) is 0.153. The van der Waals surface area contributed by atoms with Gasteiger partial charge in [0.2, 0.25) is 0 Å². The molecule has 10 aromatic carbocycles. The highest BCUT2D eigenvalue weighted by atomic mass is 16.3. The maximum absolute atomic E-state index is 6.18. The zero-order valence-corrected chi connectivity index (χ0v) is 32.9. The van der Waals surface area contributed by atoms with Gasteiger partial charge in [-0.2, -0.15) is 0 Å². The third-order valence-electron chi connectivity index (χ3n) is 11.7. The number of anilines is 3. The second-order valence-corrected chi connectivity index (χ2v) is 15.4. The van der Waals surface area contributed by atoms with Crippen LogP contribution in [0.5, 0.6) is 0 Å². The van der Waals surface area contributed by atoms with Crippen molar-refractivity contribution in [2.45, 2.75) is 0 Å². The lowest BCUT2D eigenvalue weighted by atomic mass is 9.97. The van der Waals surface area contributed by atoms with Gasteiger partial charge in [-0.15, -0.1) is 0 Å². The molecule has 2 heteroatoms. The van der Waals surface area contributed by atoms with Gasteiger partial charge in [-0.25, -0.2) is 0 Å². The average Bonchev–Trinajstić information content (AvgIpc) is 3.77. The van der Waals surface area contributed by atoms with Gasteiger partial charge in [-0.05, 0) is 127 Å². The maximum atomic E-state index is 6.18. The van der Waals surface area contributed by atoms with E-state index in [0.29, 0.717) is 0 Å². The lowest BCUT2D eigenvalue weighted by Gasteiger charge is -2.26. The molecule has 11 rings (SSSR count). The van der Waals surface area contributed by atoms with Crippen LogP contribution in [0.2, 0.25) is 0 Å². The summed E-state index contributed by atoms with van der Waals surface area (Å²) >= 11 is 0. The van der Waals surface area contributed by atoms with Crippen molar-refractivity contribution in [2.75, 3.05) is 4.90 Å². The Balaban J connectivity index is 0.905. The number of rotatable bonds is 8. The summed E-state index contributed by atoms with van der Waals surface area (Å²) in [5.41, 5.74) is 14.7. The largest absolute Gasteiger partial charge is 0.456 e. The molecule has 0 saturated heterocycles. The van der Waals surface area contributed by atoms with Crippen molar-refractivity contribution >= 4 is 49.6 Å². The molecule has 0 amide bonds. The van der Waals surface area contributed by atoms with Crippen LogP contribution in [-0.4, -0.2) is 0 Å². The van der Waals surface area contributed by atoms with Crippen LogP contribution >= 0.6 is 0 Å². The normalized spacial score (nSPS) is 11.3. The lowest BCUT2D eigenvalue weighted by molar-refractivity contribution is 0.631. The number of hydrogen-bond acceptors (Lipinski definition) is 2. The van der Waals surface area contributed by atoms with E-state index >= 15 is 0 Å². The fourth-order valence-electron chi connectivity index (χ4n) is 8.52. The van der Waals surface area contributed by atoms with Crippen molar-refractivity contribution in [1.82, 2.24) is 0 Å². The molecule has 282 valence electrons. The van der Waals surface area contributed by atoms with Crippen LogP contribution in [0.15, 0.2) is 241 Å². The summed E-state index contributed by atoms with van der Waals surface area (Å²) in [6, 6.07) is 84.9. The van der Waals surface area contributed by atoms with E-state index in [1.807, 2.05) is 18.2 Å². The summed E-state index contributed by atoms with van der Waals surface area (Å²) in [7, 11) is 0. The van der Waals surface area contributed by atoms with E-state index in [0.717, 1.165) is 44.9 Å². The molecule has 1 heterocycles. The monoisotopic (exact) mass is 765 g/mol. The van der Waals surface area contributed by atoms with Gasteiger partial charge < -0.3 is 9.32 Å². The fraction of sp³-hybridized carbons (Fsp3) is 0. The number of hydrogen-bond donors (Lipinski definition) is 0. The molecule has 0 radical (unpaired) electrons. The highest BCUT2D eigenvalue weighted by Gasteiger charge is 2.15. The first-order chi connectivity index (χ1) is 29.7. The Bertz CT molecular complexity index is 3250. The van der Waals surface area contributed by atoms with Gasteiger partial charge in [0.05, 0.1) is 0 Å². The van der Waals surface area contributed by atoms with E-state index in [2.05, 4.69) is 223 Å². The maximum Gasteiger partial charge on any atom is 0.135 e. The Hall–Kier alpha value is -7.94. The second-order valence-electron chi connectivity index (χ2n) is 15.4. The number of para-hydroxylation sites is 1. The van der Waals surface area contributed by atoms with Crippen LogP contribution in [0.4, 0.5) is 17.1 Å². The van der Waals surface area contributed by atoms with Gasteiger partial charge >= 0.3 is 0 Å². The molecule has 11 aromatic rings. The average molecular weight is 766 g/mol. The SMILES string of the molecule is c1cc(-c2ccc(-c3ccc(N(c4ccc(-c5ccc6ccccc6c5)cc4)c4ccc(-c5cccc6ccccc56)cc4)cc3)cc2)cc(-c2cc3ccccc3o2)c1. The molecule has 60 heavy (non-hydrogen) atoms. The number of furan rings is 1. The zero-order chi connectivity index (χ0) is 39.8. The standard InChI is InChI=1S/C58H39NO/c1-2-11-47-37-49(24-23-40(47)9-1)44-27-33-53(34-28-44)59(54-35-29-46(30-36-54)56-17-8-13-45-10-3-5-16-55(45)56)52-31-25-42(26-32-52)41-19-21-43(22-20-41)48-14-7-15-50(38-48)58-39-51-12-4-6-18-57(51)60-58/h1-39H. The van der Waals surface area contributed by atoms with Crippen molar-refractivity contribution in [3.05, 3.63) is 237 Å². The summed E-state index contributed by atoms with van der Waals surface area (Å²) in [6.45, 7) is 0. The smallest absolute Gasteiger partial charge is 0.135 e. The van der Waals surface area contributed by atoms with Crippen molar-refractivity contribution in [2.24, 2.45) is 0 Å². The molecule has 1 aromatic heterocycles. The molecule has 0 aliphatic rings. The first-order valence-electron chi connectivity index (χ1n) is 20.5. The predicted octanol–water partition coefficient (Wildman–Crippen LogP) is 16.5. The summed E-state index contributed by atoms with van der Waals surface area (Å²) in [6.07, 6.45) is 0. The van der Waals surface area contributed by atoms with Crippen molar-refractivity contribution in [3.8, 4) is 55.8 Å². The zero-order valence-electron chi connectivity index (χ0n) is 32.9. The molecule has 0 aliphatic heterocycles. The third-order valence-corrected chi connectivity index (χ3v) is 11.7. The number of benzene rings is 10. The molecule has 0 N–H and O–H groups in total. The van der Waals surface area contributed by atoms with E-state index in [-0.39, 0.29) is 0 Å². The first-order valence-corrected chi connectivity index (χ1v) is 20.5. The van der Waals surface area contributed by atoms with Crippen LogP contribution in [0, 0.1) is 0 Å². The highest BCUT2D eigenvalue weighted by Crippen LogP contribution is 2.39. The van der Waals surface area contributed by atoms with E-state index in [1.54, 1.807) is 0 Å². The van der Waals surface area contributed by atoms with Crippen molar-refractivity contribution in [3.63, 3.8) is 0 Å². The highest BCUT2D eigenvalue weighted by molar-refractivity contribution is 5.97. The van der Waals surface area contributed by atoms with E-state index in [9.17, 15) is 0 Å². The molecule has 0 bridgehead atoms. The number of fused-ring (bicyclic) bond motifs is 3. The Morgan fingerprint density at radius 2 is 0.733 bits per heavy atom. The van der Waals surface area contributed by atoms with Crippen molar-refractivity contribution in [1.29, 1.82) is 0 Å². The van der Waals surface area contributed by atoms with Gasteiger partial charge in [-0.1, -0.05) is 176 Å². The molecule has 0 fully saturated rings. The Kier molecular flexibility index (Phi) is 8.87. The minimum Gasteiger partial charge on any atom is -0.456 e. The molecule has 0 spiro atoms. The summed E-state index contributed by atoms with van der Waals surface area (Å²) < 4.78 is 6.18. The minimum atomic E-state index is 0.880. The van der Waals surface area contributed by atoms with Gasteiger partial charge in [0, 0.05) is 28.0 Å². The first kappa shape index (κ1) is 35.2. The molecular weight excluding hydrogens is 727 g/mol. The summed E-state index contributed by atoms with van der Waals surface area (Å²) in [5, 5.41) is 6.11. The van der Waals surface area contributed by atoms with Crippen molar-refractivity contribution < 1.29 is 4.42 Å². The Labute approximate surface area is 349 Å². The summed E-state index contributed by atoms with van der Waals surface area (Å²) in [5.74, 6) is 0.880. The van der Waals surface area contributed by atoms with Crippen LogP contribution in [0.3, 0.4) is 0 Å². The van der Waals surface area contributed by atoms with E-state index in [4.69, 9.17) is 4.42 Å². The van der Waals surface area contributed by atoms with Crippen LogP contribution in [-0.2, 0) is 0 Å². The Morgan fingerprint density at radius 3 is 1.40 bits per heavy atom. The fourth-order valence-corrected chi connectivity index (χ4v) is 8.52. The Morgan fingerprint density at radius 1 is 0.267 bits per heavy atom. The molecule has 0 saturated carbocycles. The van der Waals surface area contributed by atoms with Gasteiger partial charge in [-0.3, -0.25) is 0 Å². The van der Waals surface area contributed by atoms with Gasteiger partial charge in [0.1, 0.15) is 11.3 Å². The van der Waals surface area contributed by atoms with Crippen LogP contribution in [0.1, 0.15) is 0 Å². The van der Waals surface area contributed by atoms with Gasteiger partial charge in [0.15, 0.2) is 0 Å². The summed E-state index contributed by atoms with van der Waals surface area (Å²) in [4.78, 5) is 2.35. The van der Waals surface area contributed by atoms with E-state index in [1.165, 1.54) is 60.5 Å². The lowest BCUT2D eigenvalue weighted by Crippen LogP contribution is -2.09. The number of nitrogens with zero attached hydrogens (tertiary/aromatic N) is 1. The van der Waals surface area contributed by atoms with Gasteiger partial charge in [0.25, 0.3) is 0 Å². The molecule has 2 nitrogen and oxygen atoms in total. The molecule has 0 unspecified atom stereocenters. The molecular formula is C58H39NO.